The van der Waals surface area contributed by atoms with Crippen LogP contribution in [-0.4, -0.2) is 11.1 Å². The van der Waals surface area contributed by atoms with Crippen molar-refractivity contribution in [1.82, 2.24) is 0 Å². The average molecular weight is 277 g/mol. The van der Waals surface area contributed by atoms with Crippen LogP contribution < -0.4 is 4.74 Å². The number of hydrogen-bond donors (Lipinski definition) is 1. The van der Waals surface area contributed by atoms with E-state index in [-0.39, 0.29) is 5.56 Å². The van der Waals surface area contributed by atoms with Gasteiger partial charge in [-0.15, -0.1) is 0 Å². The number of aryl methyl sites for hydroxylation is 2. The number of hydrogen-bond acceptors (Lipinski definition) is 2. The van der Waals surface area contributed by atoms with Crippen LogP contribution in [0, 0.1) is 13.8 Å². The normalized spacial score (nSPS) is 10.3. The van der Waals surface area contributed by atoms with Crippen molar-refractivity contribution in [1.29, 1.82) is 0 Å². The minimum absolute atomic E-state index is 0.146. The Labute approximate surface area is 116 Å². The largest absolute Gasteiger partial charge is 0.478 e. The minimum Gasteiger partial charge on any atom is -0.478 e. The second-order valence-electron chi connectivity index (χ2n) is 4.27. The number of carboxylic acid groups (broad SMARTS) is 1. The van der Waals surface area contributed by atoms with E-state index in [2.05, 4.69) is 0 Å². The molecule has 0 radical (unpaired) electrons. The van der Waals surface area contributed by atoms with Crippen LogP contribution in [0.5, 0.6) is 11.5 Å². The van der Waals surface area contributed by atoms with Crippen LogP contribution in [0.25, 0.3) is 0 Å². The maximum Gasteiger partial charge on any atom is 0.339 e. The van der Waals surface area contributed by atoms with Gasteiger partial charge in [-0.3, -0.25) is 0 Å². The molecule has 0 amide bonds. The lowest BCUT2D eigenvalue weighted by Crippen LogP contribution is -2.01. The van der Waals surface area contributed by atoms with Gasteiger partial charge in [0, 0.05) is 5.02 Å². The van der Waals surface area contributed by atoms with Crippen molar-refractivity contribution in [3.05, 3.63) is 58.1 Å². The summed E-state index contributed by atoms with van der Waals surface area (Å²) in [6.07, 6.45) is 0. The van der Waals surface area contributed by atoms with Gasteiger partial charge >= 0.3 is 5.97 Å². The first-order valence-electron chi connectivity index (χ1n) is 5.76. The van der Waals surface area contributed by atoms with Gasteiger partial charge in [-0.05, 0) is 49.2 Å². The lowest BCUT2D eigenvalue weighted by molar-refractivity contribution is 0.0694. The summed E-state index contributed by atoms with van der Waals surface area (Å²) in [6.45, 7) is 3.68. The SMILES string of the molecule is Cc1cc(Oc2c(C)cccc2C(=O)O)ccc1Cl. The summed E-state index contributed by atoms with van der Waals surface area (Å²) in [5, 5.41) is 9.81. The number of halogens is 1. The molecule has 0 saturated heterocycles. The Kier molecular flexibility index (Phi) is 3.76. The highest BCUT2D eigenvalue weighted by Crippen LogP contribution is 2.31. The Hall–Kier alpha value is -2.00. The molecule has 0 bridgehead atoms. The van der Waals surface area contributed by atoms with E-state index in [1.165, 1.54) is 6.07 Å². The molecular weight excluding hydrogens is 264 g/mol. The Bertz CT molecular complexity index is 635. The number of carboxylic acids is 1. The third-order valence-corrected chi connectivity index (χ3v) is 3.22. The molecule has 0 aromatic heterocycles. The molecule has 0 spiro atoms. The fraction of sp³-hybridized carbons (Fsp3) is 0.133. The predicted molar refractivity (Wildman–Crippen MR) is 74.4 cm³/mol. The van der Waals surface area contributed by atoms with Crippen molar-refractivity contribution in [2.45, 2.75) is 13.8 Å². The number of carbonyl (C=O) groups is 1. The molecule has 1 N–H and O–H groups in total. The monoisotopic (exact) mass is 276 g/mol. The topological polar surface area (TPSA) is 46.5 Å². The van der Waals surface area contributed by atoms with E-state index in [1.807, 2.05) is 19.9 Å². The predicted octanol–water partition coefficient (Wildman–Crippen LogP) is 4.45. The molecule has 0 fully saturated rings. The van der Waals surface area contributed by atoms with Crippen molar-refractivity contribution in [3.8, 4) is 11.5 Å². The van der Waals surface area contributed by atoms with Crippen LogP contribution in [0.4, 0.5) is 0 Å². The first kappa shape index (κ1) is 13.4. The molecule has 0 atom stereocenters. The molecule has 4 heteroatoms. The Morgan fingerprint density at radius 2 is 1.89 bits per heavy atom. The van der Waals surface area contributed by atoms with Gasteiger partial charge < -0.3 is 9.84 Å². The highest BCUT2D eigenvalue weighted by atomic mass is 35.5. The average Bonchev–Trinajstić information content (AvgIpc) is 2.36. The van der Waals surface area contributed by atoms with E-state index >= 15 is 0 Å². The smallest absolute Gasteiger partial charge is 0.339 e. The molecule has 98 valence electrons. The fourth-order valence-electron chi connectivity index (χ4n) is 1.75. The molecular formula is C15H13ClO3. The van der Waals surface area contributed by atoms with Gasteiger partial charge in [-0.2, -0.15) is 0 Å². The number of para-hydroxylation sites is 1. The van der Waals surface area contributed by atoms with E-state index in [4.69, 9.17) is 21.4 Å². The maximum absolute atomic E-state index is 11.2. The van der Waals surface area contributed by atoms with Gasteiger partial charge in [-0.25, -0.2) is 4.79 Å². The van der Waals surface area contributed by atoms with Crippen molar-refractivity contribution in [2.75, 3.05) is 0 Å². The van der Waals surface area contributed by atoms with Crippen LogP contribution in [0.1, 0.15) is 21.5 Å². The van der Waals surface area contributed by atoms with Gasteiger partial charge in [0.25, 0.3) is 0 Å². The summed E-state index contributed by atoms with van der Waals surface area (Å²) in [6, 6.07) is 10.2. The molecule has 0 saturated carbocycles. The highest BCUT2D eigenvalue weighted by molar-refractivity contribution is 6.31. The Morgan fingerprint density at radius 3 is 2.53 bits per heavy atom. The van der Waals surface area contributed by atoms with Crippen LogP contribution in [-0.2, 0) is 0 Å². The Balaban J connectivity index is 2.42. The first-order valence-corrected chi connectivity index (χ1v) is 6.13. The number of rotatable bonds is 3. The van der Waals surface area contributed by atoms with Crippen LogP contribution in [0.15, 0.2) is 36.4 Å². The minimum atomic E-state index is -1.01. The van der Waals surface area contributed by atoms with Crippen molar-refractivity contribution in [3.63, 3.8) is 0 Å². The van der Waals surface area contributed by atoms with Crippen LogP contribution in [0.3, 0.4) is 0 Å². The lowest BCUT2D eigenvalue weighted by Gasteiger charge is -2.12. The Morgan fingerprint density at radius 1 is 1.16 bits per heavy atom. The van der Waals surface area contributed by atoms with Crippen LogP contribution in [0.2, 0.25) is 5.02 Å². The summed E-state index contributed by atoms with van der Waals surface area (Å²) in [7, 11) is 0. The second kappa shape index (κ2) is 5.33. The molecule has 2 rings (SSSR count). The van der Waals surface area contributed by atoms with Crippen molar-refractivity contribution in [2.24, 2.45) is 0 Å². The molecule has 19 heavy (non-hydrogen) atoms. The van der Waals surface area contributed by atoms with Crippen molar-refractivity contribution >= 4 is 17.6 Å². The quantitative estimate of drug-likeness (QED) is 0.901. The number of ether oxygens (including phenoxy) is 1. The third kappa shape index (κ3) is 2.88. The molecule has 0 heterocycles. The van der Waals surface area contributed by atoms with E-state index in [1.54, 1.807) is 24.3 Å². The summed E-state index contributed by atoms with van der Waals surface area (Å²) in [5.41, 5.74) is 1.80. The second-order valence-corrected chi connectivity index (χ2v) is 4.68. The zero-order valence-electron chi connectivity index (χ0n) is 10.6. The molecule has 0 aliphatic heterocycles. The zero-order valence-corrected chi connectivity index (χ0v) is 11.4. The van der Waals surface area contributed by atoms with E-state index in [9.17, 15) is 4.79 Å². The first-order chi connectivity index (χ1) is 8.99. The summed E-state index contributed by atoms with van der Waals surface area (Å²) in [4.78, 5) is 11.2. The summed E-state index contributed by atoms with van der Waals surface area (Å²) in [5.74, 6) is -0.0835. The highest BCUT2D eigenvalue weighted by Gasteiger charge is 2.14. The number of aromatic carboxylic acids is 1. The molecule has 0 aliphatic carbocycles. The molecule has 0 aliphatic rings. The van der Waals surface area contributed by atoms with Crippen molar-refractivity contribution < 1.29 is 14.6 Å². The molecule has 0 unspecified atom stereocenters. The third-order valence-electron chi connectivity index (χ3n) is 2.79. The zero-order chi connectivity index (χ0) is 14.0. The van der Waals surface area contributed by atoms with Crippen LogP contribution >= 0.6 is 11.6 Å². The number of benzene rings is 2. The lowest BCUT2D eigenvalue weighted by atomic mass is 10.1. The summed E-state index contributed by atoms with van der Waals surface area (Å²) < 4.78 is 5.70. The van der Waals surface area contributed by atoms with Gasteiger partial charge in [0.05, 0.1) is 0 Å². The molecule has 2 aromatic rings. The van der Waals surface area contributed by atoms with Gasteiger partial charge in [0.1, 0.15) is 17.1 Å². The maximum atomic E-state index is 11.2. The standard InChI is InChI=1S/C15H13ClO3/c1-9-4-3-5-12(15(17)18)14(9)19-11-6-7-13(16)10(2)8-11/h3-8H,1-2H3,(H,17,18). The van der Waals surface area contributed by atoms with E-state index < -0.39 is 5.97 Å². The van der Waals surface area contributed by atoms with Gasteiger partial charge in [0.15, 0.2) is 0 Å². The van der Waals surface area contributed by atoms with E-state index in [0.29, 0.717) is 16.5 Å². The van der Waals surface area contributed by atoms with Gasteiger partial charge in [0.2, 0.25) is 0 Å². The fourth-order valence-corrected chi connectivity index (χ4v) is 1.87. The van der Waals surface area contributed by atoms with E-state index in [0.717, 1.165) is 11.1 Å². The summed E-state index contributed by atoms with van der Waals surface area (Å²) >= 11 is 5.95. The van der Waals surface area contributed by atoms with Gasteiger partial charge in [-0.1, -0.05) is 23.7 Å². The molecule has 3 nitrogen and oxygen atoms in total. The molecule has 2 aromatic carbocycles.